The van der Waals surface area contributed by atoms with Gasteiger partial charge in [0.05, 0.1) is 0 Å². The van der Waals surface area contributed by atoms with Gasteiger partial charge in [-0.1, -0.05) is 60.6 Å². The number of carbonyl (C=O) groups is 1. The van der Waals surface area contributed by atoms with E-state index in [1.165, 1.54) is 5.56 Å². The fourth-order valence-corrected chi connectivity index (χ4v) is 5.27. The third kappa shape index (κ3) is 4.80. The highest BCUT2D eigenvalue weighted by Gasteiger charge is 2.33. The first kappa shape index (κ1) is 21.7. The summed E-state index contributed by atoms with van der Waals surface area (Å²) in [5.74, 6) is 2.16. The molecule has 0 aliphatic carbocycles. The predicted octanol–water partition coefficient (Wildman–Crippen LogP) is 5.00. The average molecular weight is 445 g/mol. The Bertz CT molecular complexity index is 1040. The highest BCUT2D eigenvalue weighted by Crippen LogP contribution is 2.33. The Morgan fingerprint density at radius 2 is 1.52 bits per heavy atom. The molecule has 6 nitrogen and oxygen atoms in total. The molecular weight excluding hydrogens is 412 g/mol. The van der Waals surface area contributed by atoms with Gasteiger partial charge in [-0.05, 0) is 55.2 Å². The molecule has 0 bridgehead atoms. The van der Waals surface area contributed by atoms with Crippen LogP contribution in [0.1, 0.15) is 44.1 Å². The van der Waals surface area contributed by atoms with E-state index in [0.29, 0.717) is 29.6 Å². The quantitative estimate of drug-likeness (QED) is 0.554. The third-order valence-electron chi connectivity index (χ3n) is 7.43. The molecular formula is C27H32N4O2. The van der Waals surface area contributed by atoms with E-state index in [4.69, 9.17) is 4.42 Å². The Balaban J connectivity index is 1.12. The number of aromatic nitrogens is 2. The second-order valence-electron chi connectivity index (χ2n) is 9.38. The van der Waals surface area contributed by atoms with Crippen molar-refractivity contribution in [2.75, 3.05) is 31.1 Å². The standard InChI is InChI=1S/C27H32N4O2/c1-20(21-8-4-2-5-9-21)22-12-16-30(17-13-22)26(32)24-14-18-31(19-15-24)27-29-28-25(33-27)23-10-6-3-7-11-23/h2-11,20,22,24H,12-19H2,1H3. The molecule has 1 unspecified atom stereocenters. The van der Waals surface area contributed by atoms with Crippen LogP contribution in [0.2, 0.25) is 0 Å². The fraction of sp³-hybridized carbons (Fsp3) is 0.444. The van der Waals surface area contributed by atoms with Crippen LogP contribution in [0.25, 0.3) is 11.5 Å². The summed E-state index contributed by atoms with van der Waals surface area (Å²) in [5, 5.41) is 8.44. The number of hydrogen-bond donors (Lipinski definition) is 0. The van der Waals surface area contributed by atoms with Crippen LogP contribution in [0.5, 0.6) is 0 Å². The number of anilines is 1. The molecule has 0 radical (unpaired) electrons. The highest BCUT2D eigenvalue weighted by molar-refractivity contribution is 5.79. The lowest BCUT2D eigenvalue weighted by Gasteiger charge is -2.38. The summed E-state index contributed by atoms with van der Waals surface area (Å²) in [6.45, 7) is 5.63. The lowest BCUT2D eigenvalue weighted by Crippen LogP contribution is -2.46. The first-order valence-electron chi connectivity index (χ1n) is 12.2. The van der Waals surface area contributed by atoms with E-state index in [2.05, 4.69) is 57.3 Å². The van der Waals surface area contributed by atoms with Crippen LogP contribution in [0.3, 0.4) is 0 Å². The Kier molecular flexibility index (Phi) is 6.42. The largest absolute Gasteiger partial charge is 0.403 e. The fourth-order valence-electron chi connectivity index (χ4n) is 5.27. The minimum atomic E-state index is 0.0980. The summed E-state index contributed by atoms with van der Waals surface area (Å²) in [4.78, 5) is 17.4. The molecule has 0 saturated carbocycles. The first-order valence-corrected chi connectivity index (χ1v) is 12.2. The van der Waals surface area contributed by atoms with E-state index >= 15 is 0 Å². The summed E-state index contributed by atoms with van der Waals surface area (Å²) in [5.41, 5.74) is 2.33. The molecule has 0 spiro atoms. The van der Waals surface area contributed by atoms with E-state index < -0.39 is 0 Å². The van der Waals surface area contributed by atoms with Gasteiger partial charge in [-0.3, -0.25) is 4.79 Å². The van der Waals surface area contributed by atoms with Crippen molar-refractivity contribution in [1.82, 2.24) is 15.1 Å². The molecule has 2 aromatic carbocycles. The van der Waals surface area contributed by atoms with Crippen molar-refractivity contribution in [3.8, 4) is 11.5 Å². The molecule has 6 heteroatoms. The Labute approximate surface area is 195 Å². The number of likely N-dealkylation sites (tertiary alicyclic amines) is 1. The minimum absolute atomic E-state index is 0.0980. The molecule has 1 amide bonds. The summed E-state index contributed by atoms with van der Waals surface area (Å²) >= 11 is 0. The molecule has 2 saturated heterocycles. The topological polar surface area (TPSA) is 62.5 Å². The normalized spacial score (nSPS) is 18.9. The van der Waals surface area contributed by atoms with Gasteiger partial charge < -0.3 is 14.2 Å². The maximum absolute atomic E-state index is 13.2. The molecule has 1 aromatic heterocycles. The summed E-state index contributed by atoms with van der Waals surface area (Å²) in [6.07, 6.45) is 3.85. The van der Waals surface area contributed by atoms with E-state index in [-0.39, 0.29) is 5.92 Å². The monoisotopic (exact) mass is 444 g/mol. The lowest BCUT2D eigenvalue weighted by molar-refractivity contribution is -0.137. The van der Waals surface area contributed by atoms with Crippen molar-refractivity contribution in [2.45, 2.75) is 38.5 Å². The van der Waals surface area contributed by atoms with Crippen LogP contribution < -0.4 is 4.90 Å². The third-order valence-corrected chi connectivity index (χ3v) is 7.43. The van der Waals surface area contributed by atoms with E-state index in [9.17, 15) is 4.79 Å². The van der Waals surface area contributed by atoms with Crippen molar-refractivity contribution in [2.24, 2.45) is 11.8 Å². The van der Waals surface area contributed by atoms with Crippen LogP contribution in [0.4, 0.5) is 6.01 Å². The number of benzene rings is 2. The van der Waals surface area contributed by atoms with Crippen LogP contribution >= 0.6 is 0 Å². The Morgan fingerprint density at radius 3 is 2.18 bits per heavy atom. The van der Waals surface area contributed by atoms with E-state index in [1.54, 1.807) is 0 Å². The second-order valence-corrected chi connectivity index (χ2v) is 9.38. The molecule has 3 aromatic rings. The zero-order valence-electron chi connectivity index (χ0n) is 19.3. The van der Waals surface area contributed by atoms with Crippen LogP contribution in [-0.4, -0.2) is 47.2 Å². The van der Waals surface area contributed by atoms with Crippen molar-refractivity contribution in [3.63, 3.8) is 0 Å². The maximum Gasteiger partial charge on any atom is 0.318 e. The van der Waals surface area contributed by atoms with Gasteiger partial charge in [0.1, 0.15) is 0 Å². The van der Waals surface area contributed by atoms with Crippen LogP contribution in [0, 0.1) is 11.8 Å². The minimum Gasteiger partial charge on any atom is -0.403 e. The molecule has 2 aliphatic heterocycles. The lowest BCUT2D eigenvalue weighted by atomic mass is 9.81. The number of hydrogen-bond acceptors (Lipinski definition) is 5. The molecule has 3 heterocycles. The highest BCUT2D eigenvalue weighted by atomic mass is 16.4. The van der Waals surface area contributed by atoms with Gasteiger partial charge in [0, 0.05) is 37.7 Å². The number of amides is 1. The molecule has 2 aliphatic rings. The zero-order chi connectivity index (χ0) is 22.6. The maximum atomic E-state index is 13.2. The molecule has 0 N–H and O–H groups in total. The van der Waals surface area contributed by atoms with Gasteiger partial charge >= 0.3 is 6.01 Å². The van der Waals surface area contributed by atoms with Gasteiger partial charge in [-0.25, -0.2) is 0 Å². The van der Waals surface area contributed by atoms with E-state index in [1.807, 2.05) is 30.3 Å². The Morgan fingerprint density at radius 1 is 0.879 bits per heavy atom. The van der Waals surface area contributed by atoms with Gasteiger partial charge in [-0.2, -0.15) is 0 Å². The van der Waals surface area contributed by atoms with Crippen molar-refractivity contribution in [3.05, 3.63) is 66.2 Å². The summed E-state index contributed by atoms with van der Waals surface area (Å²) < 4.78 is 5.90. The van der Waals surface area contributed by atoms with Gasteiger partial charge in [0.25, 0.3) is 0 Å². The van der Waals surface area contributed by atoms with Gasteiger partial charge in [0.2, 0.25) is 11.8 Å². The van der Waals surface area contributed by atoms with E-state index in [0.717, 1.165) is 57.4 Å². The summed E-state index contributed by atoms with van der Waals surface area (Å²) in [7, 11) is 0. The Hall–Kier alpha value is -3.15. The number of rotatable bonds is 5. The average Bonchev–Trinajstić information content (AvgIpc) is 3.40. The molecule has 172 valence electrons. The molecule has 1 atom stereocenters. The molecule has 2 fully saturated rings. The molecule has 5 rings (SSSR count). The van der Waals surface area contributed by atoms with Crippen LogP contribution in [-0.2, 0) is 4.79 Å². The number of nitrogens with zero attached hydrogens (tertiary/aromatic N) is 4. The summed E-state index contributed by atoms with van der Waals surface area (Å²) in [6, 6.07) is 21.1. The number of carbonyl (C=O) groups excluding carboxylic acids is 1. The number of piperidine rings is 2. The van der Waals surface area contributed by atoms with Gasteiger partial charge in [-0.15, -0.1) is 5.10 Å². The smallest absolute Gasteiger partial charge is 0.318 e. The first-order chi connectivity index (χ1) is 16.2. The van der Waals surface area contributed by atoms with Crippen molar-refractivity contribution < 1.29 is 9.21 Å². The molecule has 33 heavy (non-hydrogen) atoms. The van der Waals surface area contributed by atoms with Crippen LogP contribution in [0.15, 0.2) is 65.1 Å². The zero-order valence-corrected chi connectivity index (χ0v) is 19.3. The predicted molar refractivity (Wildman–Crippen MR) is 129 cm³/mol. The SMILES string of the molecule is CC(c1ccccc1)C1CCN(C(=O)C2CCN(c3nnc(-c4ccccc4)o3)CC2)CC1. The second kappa shape index (κ2) is 9.77. The van der Waals surface area contributed by atoms with Crippen molar-refractivity contribution in [1.29, 1.82) is 0 Å². The van der Waals surface area contributed by atoms with Crippen molar-refractivity contribution >= 4 is 11.9 Å². The van der Waals surface area contributed by atoms with Gasteiger partial charge in [0.15, 0.2) is 0 Å².